The lowest BCUT2D eigenvalue weighted by Crippen LogP contribution is -2.40. The van der Waals surface area contributed by atoms with E-state index in [9.17, 15) is 0 Å². The zero-order valence-corrected chi connectivity index (χ0v) is 31.2. The molecule has 0 radical (unpaired) electrons. The smallest absolute Gasteiger partial charge is 0.164 e. The van der Waals surface area contributed by atoms with E-state index in [1.54, 1.807) is 0 Å². The Balaban J connectivity index is 1.05. The second kappa shape index (κ2) is 11.8. The van der Waals surface area contributed by atoms with Crippen LogP contribution in [0.15, 0.2) is 164 Å². The first-order valence-corrected chi connectivity index (χ1v) is 19.8. The molecule has 0 bridgehead atoms. The van der Waals surface area contributed by atoms with Gasteiger partial charge in [0.05, 0.1) is 16.4 Å². The van der Waals surface area contributed by atoms with Gasteiger partial charge < -0.3 is 9.30 Å². The summed E-state index contributed by atoms with van der Waals surface area (Å²) in [5.74, 6) is 2.76. The van der Waals surface area contributed by atoms with Gasteiger partial charge in [0.2, 0.25) is 0 Å². The Bertz CT molecular complexity index is 3220. The van der Waals surface area contributed by atoms with Crippen LogP contribution < -0.4 is 4.74 Å². The van der Waals surface area contributed by atoms with E-state index >= 15 is 0 Å². The van der Waals surface area contributed by atoms with E-state index in [0.717, 1.165) is 39.3 Å². The molecule has 3 aromatic heterocycles. The molecule has 2 atom stereocenters. The van der Waals surface area contributed by atoms with E-state index in [0.29, 0.717) is 17.5 Å². The first-order chi connectivity index (χ1) is 27.6. The molecule has 4 heterocycles. The van der Waals surface area contributed by atoms with Crippen LogP contribution in [-0.2, 0) is 5.41 Å². The van der Waals surface area contributed by atoms with Crippen molar-refractivity contribution in [1.29, 1.82) is 0 Å². The van der Waals surface area contributed by atoms with E-state index < -0.39 is 5.41 Å². The average molecular weight is 737 g/mol. The van der Waals surface area contributed by atoms with E-state index in [1.807, 2.05) is 29.5 Å². The minimum Gasteiger partial charge on any atom is -0.484 e. The zero-order chi connectivity index (χ0) is 37.0. The summed E-state index contributed by atoms with van der Waals surface area (Å²) in [4.78, 5) is 15.7. The second-order valence-corrected chi connectivity index (χ2v) is 16.0. The zero-order valence-electron chi connectivity index (χ0n) is 30.3. The highest BCUT2D eigenvalue weighted by Crippen LogP contribution is 2.55. The molecule has 7 aromatic carbocycles. The maximum atomic E-state index is 7.10. The van der Waals surface area contributed by atoms with Crippen molar-refractivity contribution in [3.05, 3.63) is 186 Å². The molecule has 6 heteroatoms. The average Bonchev–Trinajstić information content (AvgIpc) is 3.90. The Morgan fingerprint density at radius 3 is 1.98 bits per heavy atom. The maximum Gasteiger partial charge on any atom is 0.164 e. The molecule has 0 saturated carbocycles. The normalized spacial score (nSPS) is 17.2. The van der Waals surface area contributed by atoms with Crippen molar-refractivity contribution >= 4 is 65.0 Å². The lowest BCUT2D eigenvalue weighted by atomic mass is 9.66. The second-order valence-electron chi connectivity index (χ2n) is 14.9. The summed E-state index contributed by atoms with van der Waals surface area (Å²) in [6.07, 6.45) is 1.85. The van der Waals surface area contributed by atoms with Gasteiger partial charge in [-0.2, -0.15) is 0 Å². The molecule has 1 aliphatic carbocycles. The van der Waals surface area contributed by atoms with Crippen molar-refractivity contribution in [3.63, 3.8) is 0 Å². The number of rotatable bonds is 4. The number of hydrogen-bond acceptors (Lipinski definition) is 5. The van der Waals surface area contributed by atoms with Gasteiger partial charge in [0.1, 0.15) is 11.9 Å². The predicted molar refractivity (Wildman–Crippen MR) is 230 cm³/mol. The number of ether oxygens (including phenoxy) is 1. The minimum absolute atomic E-state index is 0.372. The maximum absolute atomic E-state index is 7.10. The fourth-order valence-electron chi connectivity index (χ4n) is 9.15. The van der Waals surface area contributed by atoms with Gasteiger partial charge in [0, 0.05) is 58.9 Å². The highest BCUT2D eigenvalue weighted by molar-refractivity contribution is 7.25. The Morgan fingerprint density at radius 1 is 0.536 bits per heavy atom. The predicted octanol–water partition coefficient (Wildman–Crippen LogP) is 12.3. The Kier molecular flexibility index (Phi) is 6.63. The standard InChI is InChI=1S/C50H32N4OS/c1-50-39-19-9-5-15-31(39)27-38(46(50)55-43-25-24-33(29-40(43)50)54-41-20-10-6-16-34(41)35-17-7-11-21-42(35)54)49-52-47(30-13-3-2-4-14-30)51-48(53-49)32-23-26-45-37(28-32)36-18-8-12-22-44(36)56-45/h2-29,46H,1H3. The van der Waals surface area contributed by atoms with Crippen LogP contribution >= 0.6 is 11.3 Å². The fraction of sp³-hybridized carbons (Fsp3) is 0.0600. The van der Waals surface area contributed by atoms with Gasteiger partial charge >= 0.3 is 0 Å². The van der Waals surface area contributed by atoms with Crippen molar-refractivity contribution in [2.75, 3.05) is 0 Å². The molecule has 56 heavy (non-hydrogen) atoms. The topological polar surface area (TPSA) is 52.8 Å². The summed E-state index contributed by atoms with van der Waals surface area (Å²) < 4.78 is 12.0. The summed E-state index contributed by atoms with van der Waals surface area (Å²) in [6.45, 7) is 2.32. The van der Waals surface area contributed by atoms with Crippen molar-refractivity contribution in [2.45, 2.75) is 18.4 Å². The van der Waals surface area contributed by atoms with Gasteiger partial charge in [-0.15, -0.1) is 11.3 Å². The molecule has 0 amide bonds. The molecule has 10 aromatic rings. The Labute approximate surface area is 326 Å². The van der Waals surface area contributed by atoms with Crippen LogP contribution in [0.1, 0.15) is 29.4 Å². The van der Waals surface area contributed by atoms with Crippen molar-refractivity contribution in [1.82, 2.24) is 19.5 Å². The van der Waals surface area contributed by atoms with Crippen LogP contribution in [-0.4, -0.2) is 25.6 Å². The van der Waals surface area contributed by atoms with Crippen molar-refractivity contribution in [2.24, 2.45) is 0 Å². The van der Waals surface area contributed by atoms with Crippen molar-refractivity contribution in [3.8, 4) is 34.2 Å². The van der Waals surface area contributed by atoms with Gasteiger partial charge in [-0.25, -0.2) is 15.0 Å². The quantitative estimate of drug-likeness (QED) is 0.181. The molecule has 12 rings (SSSR count). The molecule has 0 fully saturated rings. The lowest BCUT2D eigenvalue weighted by Gasteiger charge is -2.37. The van der Waals surface area contributed by atoms with E-state index in [2.05, 4.69) is 163 Å². The molecule has 264 valence electrons. The van der Waals surface area contributed by atoms with E-state index in [1.165, 1.54) is 47.5 Å². The third-order valence-electron chi connectivity index (χ3n) is 11.8. The number of fused-ring (bicyclic) bond motifs is 11. The highest BCUT2D eigenvalue weighted by atomic mass is 32.1. The molecule has 0 saturated heterocycles. The van der Waals surface area contributed by atoms with Crippen LogP contribution in [0.25, 0.3) is 82.1 Å². The summed E-state index contributed by atoms with van der Waals surface area (Å²) in [5.41, 5.74) is 9.25. The highest BCUT2D eigenvalue weighted by Gasteiger charge is 2.52. The summed E-state index contributed by atoms with van der Waals surface area (Å²) >= 11 is 1.81. The number of hydrogen-bond donors (Lipinski definition) is 0. The van der Waals surface area contributed by atoms with Crippen LogP contribution in [0.4, 0.5) is 0 Å². The van der Waals surface area contributed by atoms with Gasteiger partial charge in [-0.1, -0.05) is 109 Å². The number of para-hydroxylation sites is 2. The molecule has 5 nitrogen and oxygen atoms in total. The number of aromatic nitrogens is 4. The number of thiophene rings is 1. The molecule has 2 aliphatic rings. The number of benzene rings is 7. The van der Waals surface area contributed by atoms with E-state index in [-0.39, 0.29) is 6.10 Å². The van der Waals surface area contributed by atoms with Crippen LogP contribution in [0.2, 0.25) is 0 Å². The van der Waals surface area contributed by atoms with Crippen molar-refractivity contribution < 1.29 is 4.74 Å². The van der Waals surface area contributed by atoms with Gasteiger partial charge in [0.25, 0.3) is 0 Å². The van der Waals surface area contributed by atoms with E-state index in [4.69, 9.17) is 19.7 Å². The Morgan fingerprint density at radius 2 is 1.18 bits per heavy atom. The molecule has 2 unspecified atom stereocenters. The summed E-state index contributed by atoms with van der Waals surface area (Å²) in [6, 6.07) is 58.0. The molecule has 0 spiro atoms. The minimum atomic E-state index is -0.529. The molecular weight excluding hydrogens is 705 g/mol. The SMILES string of the molecule is CC12c3ccccc3C=C(c3nc(-c4ccccc4)nc(-c4ccc5sc6ccccc6c5c4)n3)C1Oc1ccc(-n3c4ccccc4c4ccccc43)cc12. The molecule has 0 N–H and O–H groups in total. The van der Waals surface area contributed by atoms with Crippen LogP contribution in [0.5, 0.6) is 5.75 Å². The van der Waals surface area contributed by atoms with Crippen LogP contribution in [0.3, 0.4) is 0 Å². The fourth-order valence-corrected chi connectivity index (χ4v) is 10.2. The van der Waals surface area contributed by atoms with Gasteiger partial charge in [-0.05, 0) is 78.7 Å². The third kappa shape index (κ3) is 4.50. The van der Waals surface area contributed by atoms with Crippen LogP contribution in [0, 0.1) is 0 Å². The monoisotopic (exact) mass is 736 g/mol. The summed E-state index contributed by atoms with van der Waals surface area (Å²) in [7, 11) is 0. The molecule has 1 aliphatic heterocycles. The van der Waals surface area contributed by atoms with Gasteiger partial charge in [0.15, 0.2) is 17.5 Å². The first kappa shape index (κ1) is 31.5. The molecular formula is C50H32N4OS. The van der Waals surface area contributed by atoms with Gasteiger partial charge in [-0.3, -0.25) is 0 Å². The Hall–Kier alpha value is -6.89. The number of nitrogens with zero attached hydrogens (tertiary/aromatic N) is 4. The first-order valence-electron chi connectivity index (χ1n) is 19.0. The lowest BCUT2D eigenvalue weighted by molar-refractivity contribution is 0.233. The summed E-state index contributed by atoms with van der Waals surface area (Å²) in [5, 5.41) is 4.93. The third-order valence-corrected chi connectivity index (χ3v) is 13.0. The largest absolute Gasteiger partial charge is 0.484 e.